The lowest BCUT2D eigenvalue weighted by Gasteiger charge is -2.18. The van der Waals surface area contributed by atoms with E-state index in [1.807, 2.05) is 0 Å². The minimum Gasteiger partial charge on any atom is -0.465 e. The Morgan fingerprint density at radius 3 is 2.25 bits per heavy atom. The van der Waals surface area contributed by atoms with Gasteiger partial charge in [0.05, 0.1) is 12.7 Å². The second-order valence-electron chi connectivity index (χ2n) is 4.40. The Kier molecular flexibility index (Phi) is 5.32. The van der Waals surface area contributed by atoms with Crippen LogP contribution in [0.15, 0.2) is 25.3 Å². The number of carbonyl (C=O) groups is 2. The van der Waals surface area contributed by atoms with Gasteiger partial charge in [-0.3, -0.25) is 4.79 Å². The largest absolute Gasteiger partial charge is 0.465 e. The Bertz CT molecular complexity index is 534. The maximum Gasteiger partial charge on any atom is 0.339 e. The van der Waals surface area contributed by atoms with Gasteiger partial charge in [0.25, 0.3) is 5.91 Å². The summed E-state index contributed by atoms with van der Waals surface area (Å²) >= 11 is 0. The zero-order valence-corrected chi connectivity index (χ0v) is 12.2. The quantitative estimate of drug-likeness (QED) is 0.640. The second kappa shape index (κ2) is 6.75. The number of amides is 1. The molecule has 108 valence electrons. The Morgan fingerprint density at radius 2 is 1.80 bits per heavy atom. The van der Waals surface area contributed by atoms with Crippen LogP contribution in [0.2, 0.25) is 0 Å². The van der Waals surface area contributed by atoms with E-state index in [9.17, 15) is 9.59 Å². The molecule has 20 heavy (non-hydrogen) atoms. The normalized spacial score (nSPS) is 9.95. The highest BCUT2D eigenvalue weighted by Crippen LogP contribution is 2.20. The minimum absolute atomic E-state index is 0.194. The van der Waals surface area contributed by atoms with Gasteiger partial charge in [0, 0.05) is 18.8 Å². The van der Waals surface area contributed by atoms with E-state index in [0.717, 1.165) is 0 Å². The molecule has 1 rings (SSSR count). The number of H-pyrrole nitrogens is 1. The first kappa shape index (κ1) is 15.8. The Hall–Kier alpha value is -2.30. The van der Waals surface area contributed by atoms with E-state index in [0.29, 0.717) is 35.6 Å². The first-order valence-corrected chi connectivity index (χ1v) is 6.26. The molecule has 5 heteroatoms. The molecule has 0 aliphatic carbocycles. The first-order valence-electron chi connectivity index (χ1n) is 6.26. The molecule has 0 aliphatic heterocycles. The fourth-order valence-corrected chi connectivity index (χ4v) is 2.08. The molecular weight excluding hydrogens is 256 g/mol. The average molecular weight is 276 g/mol. The summed E-state index contributed by atoms with van der Waals surface area (Å²) in [6.45, 7) is 11.6. The highest BCUT2D eigenvalue weighted by molar-refractivity contribution is 6.00. The van der Waals surface area contributed by atoms with Crippen molar-refractivity contribution >= 4 is 11.9 Å². The SMILES string of the molecule is C=CCN(CC=C)C(=O)c1[nH]c(C)c(C(=O)OC)c1C. The highest BCUT2D eigenvalue weighted by Gasteiger charge is 2.24. The number of hydrogen-bond acceptors (Lipinski definition) is 3. The molecule has 0 saturated heterocycles. The number of hydrogen-bond donors (Lipinski definition) is 1. The third-order valence-electron chi connectivity index (χ3n) is 3.03. The number of rotatable bonds is 6. The molecule has 0 fully saturated rings. The van der Waals surface area contributed by atoms with E-state index in [4.69, 9.17) is 4.74 Å². The van der Waals surface area contributed by atoms with E-state index in [-0.39, 0.29) is 5.91 Å². The van der Waals surface area contributed by atoms with Crippen LogP contribution in [0.3, 0.4) is 0 Å². The van der Waals surface area contributed by atoms with Crippen LogP contribution >= 0.6 is 0 Å². The standard InChI is InChI=1S/C15H20N2O3/c1-6-8-17(9-7-2)14(18)13-10(3)12(11(4)16-13)15(19)20-5/h6-7,16H,1-2,8-9H2,3-5H3. The van der Waals surface area contributed by atoms with Crippen LogP contribution in [0.1, 0.15) is 32.1 Å². The second-order valence-corrected chi connectivity index (χ2v) is 4.40. The molecule has 5 nitrogen and oxygen atoms in total. The number of aromatic nitrogens is 1. The summed E-state index contributed by atoms with van der Waals surface area (Å²) in [5.41, 5.74) is 2.02. The number of esters is 1. The van der Waals surface area contributed by atoms with Crippen molar-refractivity contribution in [2.75, 3.05) is 20.2 Å². The van der Waals surface area contributed by atoms with Crippen LogP contribution in [-0.2, 0) is 4.74 Å². The Labute approximate surface area is 118 Å². The number of carbonyl (C=O) groups excluding carboxylic acids is 2. The van der Waals surface area contributed by atoms with Crippen molar-refractivity contribution in [1.29, 1.82) is 0 Å². The summed E-state index contributed by atoms with van der Waals surface area (Å²) in [4.78, 5) is 28.7. The number of aryl methyl sites for hydroxylation is 1. The van der Waals surface area contributed by atoms with Gasteiger partial charge < -0.3 is 14.6 Å². The van der Waals surface area contributed by atoms with Crippen LogP contribution in [0, 0.1) is 13.8 Å². The van der Waals surface area contributed by atoms with Crippen molar-refractivity contribution in [2.45, 2.75) is 13.8 Å². The van der Waals surface area contributed by atoms with Crippen LogP contribution in [0.5, 0.6) is 0 Å². The number of nitrogens with one attached hydrogen (secondary N) is 1. The fraction of sp³-hybridized carbons (Fsp3) is 0.333. The maximum absolute atomic E-state index is 12.5. The van der Waals surface area contributed by atoms with Crippen LogP contribution in [-0.4, -0.2) is 42.0 Å². The number of nitrogens with zero attached hydrogens (tertiary/aromatic N) is 1. The number of ether oxygens (including phenoxy) is 1. The Balaban J connectivity index is 3.19. The van der Waals surface area contributed by atoms with Gasteiger partial charge in [-0.25, -0.2) is 4.79 Å². The van der Waals surface area contributed by atoms with Gasteiger partial charge >= 0.3 is 5.97 Å². The molecule has 0 bridgehead atoms. The molecule has 0 radical (unpaired) electrons. The molecule has 0 aromatic carbocycles. The van der Waals surface area contributed by atoms with Crippen molar-refractivity contribution in [1.82, 2.24) is 9.88 Å². The molecule has 0 spiro atoms. The van der Waals surface area contributed by atoms with Crippen molar-refractivity contribution in [3.05, 3.63) is 47.8 Å². The van der Waals surface area contributed by atoms with Crippen LogP contribution in [0.4, 0.5) is 0 Å². The van der Waals surface area contributed by atoms with Crippen molar-refractivity contribution in [3.63, 3.8) is 0 Å². The lowest BCUT2D eigenvalue weighted by atomic mass is 10.1. The van der Waals surface area contributed by atoms with E-state index < -0.39 is 5.97 Å². The molecule has 1 aromatic rings. The summed E-state index contributed by atoms with van der Waals surface area (Å²) < 4.78 is 4.73. The molecule has 1 heterocycles. The third-order valence-corrected chi connectivity index (χ3v) is 3.03. The number of aromatic amines is 1. The van der Waals surface area contributed by atoms with Crippen molar-refractivity contribution < 1.29 is 14.3 Å². The molecule has 1 N–H and O–H groups in total. The summed E-state index contributed by atoms with van der Waals surface area (Å²) in [5, 5.41) is 0. The monoisotopic (exact) mass is 276 g/mol. The summed E-state index contributed by atoms with van der Waals surface area (Å²) in [6.07, 6.45) is 3.29. The summed E-state index contributed by atoms with van der Waals surface area (Å²) in [7, 11) is 1.32. The molecule has 0 unspecified atom stereocenters. The van der Waals surface area contributed by atoms with Gasteiger partial charge in [0.2, 0.25) is 0 Å². The summed E-state index contributed by atoms with van der Waals surface area (Å²) in [6, 6.07) is 0. The Morgan fingerprint density at radius 1 is 1.25 bits per heavy atom. The van der Waals surface area contributed by atoms with E-state index in [2.05, 4.69) is 18.1 Å². The lowest BCUT2D eigenvalue weighted by Crippen LogP contribution is -2.32. The molecule has 0 saturated carbocycles. The zero-order valence-electron chi connectivity index (χ0n) is 12.2. The topological polar surface area (TPSA) is 62.4 Å². The van der Waals surface area contributed by atoms with Gasteiger partial charge in [-0.2, -0.15) is 0 Å². The molecule has 0 aliphatic rings. The lowest BCUT2D eigenvalue weighted by molar-refractivity contribution is 0.0599. The fourth-order valence-electron chi connectivity index (χ4n) is 2.08. The molecule has 1 aromatic heterocycles. The van der Waals surface area contributed by atoms with Crippen molar-refractivity contribution in [2.24, 2.45) is 0 Å². The zero-order chi connectivity index (χ0) is 15.3. The molecule has 1 amide bonds. The van der Waals surface area contributed by atoms with Gasteiger partial charge in [0.15, 0.2) is 0 Å². The first-order chi connectivity index (χ1) is 9.47. The van der Waals surface area contributed by atoms with Crippen molar-refractivity contribution in [3.8, 4) is 0 Å². The van der Waals surface area contributed by atoms with Crippen LogP contribution in [0.25, 0.3) is 0 Å². The molecule has 0 atom stereocenters. The molecular formula is C15H20N2O3. The highest BCUT2D eigenvalue weighted by atomic mass is 16.5. The van der Waals surface area contributed by atoms with Gasteiger partial charge in [0.1, 0.15) is 5.69 Å². The smallest absolute Gasteiger partial charge is 0.339 e. The third kappa shape index (κ3) is 2.99. The van der Waals surface area contributed by atoms with Gasteiger partial charge in [-0.1, -0.05) is 12.2 Å². The van der Waals surface area contributed by atoms with E-state index >= 15 is 0 Å². The summed E-state index contributed by atoms with van der Waals surface area (Å²) in [5.74, 6) is -0.644. The van der Waals surface area contributed by atoms with Gasteiger partial charge in [-0.15, -0.1) is 13.2 Å². The van der Waals surface area contributed by atoms with E-state index in [1.54, 1.807) is 30.9 Å². The predicted octanol–water partition coefficient (Wildman–Crippen LogP) is 2.23. The average Bonchev–Trinajstić information content (AvgIpc) is 2.72. The number of methoxy groups -OCH3 is 1. The minimum atomic E-state index is -0.450. The van der Waals surface area contributed by atoms with E-state index in [1.165, 1.54) is 7.11 Å². The predicted molar refractivity (Wildman–Crippen MR) is 77.9 cm³/mol. The van der Waals surface area contributed by atoms with Gasteiger partial charge in [-0.05, 0) is 19.4 Å². The van der Waals surface area contributed by atoms with Crippen LogP contribution < -0.4 is 0 Å². The maximum atomic E-state index is 12.5.